The van der Waals surface area contributed by atoms with Crippen molar-refractivity contribution in [3.05, 3.63) is 24.3 Å². The number of benzene rings is 1. The molecule has 0 aliphatic rings. The summed E-state index contributed by atoms with van der Waals surface area (Å²) in [7, 11) is 0. The Balaban J connectivity index is 2.90. The maximum atomic E-state index is 10.7. The van der Waals surface area contributed by atoms with E-state index in [2.05, 4.69) is 5.32 Å². The minimum absolute atomic E-state index is 0.277. The zero-order chi connectivity index (χ0) is 10.6. The van der Waals surface area contributed by atoms with Crippen molar-refractivity contribution in [2.45, 2.75) is 6.92 Å². The number of esters is 1. The van der Waals surface area contributed by atoms with Gasteiger partial charge in [0.2, 0.25) is 0 Å². The van der Waals surface area contributed by atoms with E-state index in [9.17, 15) is 9.59 Å². The Hall–Kier alpha value is -2.04. The summed E-state index contributed by atoms with van der Waals surface area (Å²) in [5.74, 6) is -0.178. The number of para-hydroxylation sites is 2. The lowest BCUT2D eigenvalue weighted by Gasteiger charge is -2.07. The van der Waals surface area contributed by atoms with Crippen LogP contribution >= 0.6 is 0 Å². The highest BCUT2D eigenvalue weighted by atomic mass is 16.5. The molecule has 0 spiro atoms. The predicted octanol–water partition coefficient (Wildman–Crippen LogP) is 1.10. The van der Waals surface area contributed by atoms with Crippen LogP contribution in [0.4, 0.5) is 10.5 Å². The van der Waals surface area contributed by atoms with Gasteiger partial charge in [-0.3, -0.25) is 4.79 Å². The van der Waals surface area contributed by atoms with Crippen molar-refractivity contribution in [2.75, 3.05) is 5.32 Å². The van der Waals surface area contributed by atoms with Gasteiger partial charge >= 0.3 is 12.0 Å². The fourth-order valence-electron chi connectivity index (χ4n) is 0.946. The van der Waals surface area contributed by atoms with E-state index in [4.69, 9.17) is 10.5 Å². The molecule has 5 nitrogen and oxygen atoms in total. The number of hydrogen-bond acceptors (Lipinski definition) is 3. The van der Waals surface area contributed by atoms with Crippen molar-refractivity contribution in [1.82, 2.24) is 0 Å². The van der Waals surface area contributed by atoms with Gasteiger partial charge < -0.3 is 15.8 Å². The largest absolute Gasteiger partial charge is 0.424 e. The van der Waals surface area contributed by atoms with Crippen molar-refractivity contribution in [3.8, 4) is 5.75 Å². The molecule has 0 bridgehead atoms. The van der Waals surface area contributed by atoms with Crippen molar-refractivity contribution in [2.24, 2.45) is 5.73 Å². The van der Waals surface area contributed by atoms with Gasteiger partial charge in [-0.25, -0.2) is 4.79 Å². The summed E-state index contributed by atoms with van der Waals surface area (Å²) in [6.45, 7) is 1.28. The number of ether oxygens (including phenoxy) is 1. The van der Waals surface area contributed by atoms with E-state index in [1.54, 1.807) is 24.3 Å². The standard InChI is InChI=1S/C9H10N2O3/c1-6(12)14-8-5-3-2-4-7(8)11-9(10)13/h2-5H,1H3,(H3,10,11,13). The van der Waals surface area contributed by atoms with Crippen LogP contribution in [0.25, 0.3) is 0 Å². The molecule has 0 atom stereocenters. The van der Waals surface area contributed by atoms with Crippen LogP contribution in [0.5, 0.6) is 5.75 Å². The van der Waals surface area contributed by atoms with Crippen LogP contribution < -0.4 is 15.8 Å². The summed E-state index contributed by atoms with van der Waals surface area (Å²) < 4.78 is 4.84. The van der Waals surface area contributed by atoms with Crippen molar-refractivity contribution in [1.29, 1.82) is 0 Å². The monoisotopic (exact) mass is 194 g/mol. The average Bonchev–Trinajstić information content (AvgIpc) is 2.06. The molecule has 1 rings (SSSR count). The van der Waals surface area contributed by atoms with E-state index in [1.807, 2.05) is 0 Å². The quantitative estimate of drug-likeness (QED) is 0.546. The van der Waals surface area contributed by atoms with E-state index < -0.39 is 12.0 Å². The molecule has 3 N–H and O–H groups in total. The summed E-state index contributed by atoms with van der Waals surface area (Å²) >= 11 is 0. The summed E-state index contributed by atoms with van der Waals surface area (Å²) in [4.78, 5) is 21.3. The first kappa shape index (κ1) is 10.0. The van der Waals surface area contributed by atoms with Gasteiger partial charge in [-0.15, -0.1) is 0 Å². The van der Waals surface area contributed by atoms with E-state index in [0.717, 1.165) is 0 Å². The fraction of sp³-hybridized carbons (Fsp3) is 0.111. The smallest absolute Gasteiger partial charge is 0.316 e. The zero-order valence-corrected chi connectivity index (χ0v) is 7.61. The first-order chi connectivity index (χ1) is 6.59. The molecule has 1 aromatic carbocycles. The Morgan fingerprint density at radius 1 is 1.36 bits per heavy atom. The molecule has 0 fully saturated rings. The van der Waals surface area contributed by atoms with Crippen LogP contribution in [-0.4, -0.2) is 12.0 Å². The maximum absolute atomic E-state index is 10.7. The number of rotatable bonds is 2. The number of primary amides is 1. The van der Waals surface area contributed by atoms with Gasteiger partial charge in [0.05, 0.1) is 5.69 Å². The Labute approximate surface area is 80.9 Å². The molecule has 0 radical (unpaired) electrons. The number of carbonyl (C=O) groups is 2. The number of nitrogens with two attached hydrogens (primary N) is 1. The van der Waals surface area contributed by atoms with Gasteiger partial charge in [-0.05, 0) is 12.1 Å². The predicted molar refractivity (Wildman–Crippen MR) is 51.0 cm³/mol. The highest BCUT2D eigenvalue weighted by Crippen LogP contribution is 2.23. The molecule has 74 valence electrons. The third-order valence-electron chi connectivity index (χ3n) is 1.40. The van der Waals surface area contributed by atoms with E-state index in [0.29, 0.717) is 5.69 Å². The van der Waals surface area contributed by atoms with E-state index in [-0.39, 0.29) is 5.75 Å². The van der Waals surface area contributed by atoms with Crippen LogP contribution in [0.2, 0.25) is 0 Å². The molecule has 14 heavy (non-hydrogen) atoms. The normalized spacial score (nSPS) is 9.21. The second-order valence-corrected chi connectivity index (χ2v) is 2.58. The van der Waals surface area contributed by atoms with Crippen LogP contribution in [0.15, 0.2) is 24.3 Å². The first-order valence-electron chi connectivity index (χ1n) is 3.93. The van der Waals surface area contributed by atoms with Gasteiger partial charge in [-0.1, -0.05) is 12.1 Å². The van der Waals surface area contributed by atoms with Crippen LogP contribution in [0.1, 0.15) is 6.92 Å². The summed E-state index contributed by atoms with van der Waals surface area (Å²) in [5, 5.41) is 2.34. The number of anilines is 1. The number of nitrogens with one attached hydrogen (secondary N) is 1. The molecule has 0 aliphatic heterocycles. The van der Waals surface area contributed by atoms with Gasteiger partial charge in [0.15, 0.2) is 5.75 Å². The zero-order valence-electron chi connectivity index (χ0n) is 7.61. The molecule has 0 aromatic heterocycles. The SMILES string of the molecule is CC(=O)Oc1ccccc1NC(N)=O. The van der Waals surface area contributed by atoms with Gasteiger partial charge in [-0.2, -0.15) is 0 Å². The van der Waals surface area contributed by atoms with Crippen molar-refractivity contribution < 1.29 is 14.3 Å². The Kier molecular flexibility index (Phi) is 3.06. The molecule has 1 aromatic rings. The minimum atomic E-state index is -0.704. The third-order valence-corrected chi connectivity index (χ3v) is 1.40. The van der Waals surface area contributed by atoms with Gasteiger partial charge in [0.1, 0.15) is 0 Å². The van der Waals surface area contributed by atoms with Crippen LogP contribution in [0.3, 0.4) is 0 Å². The molecule has 0 heterocycles. The van der Waals surface area contributed by atoms with Gasteiger partial charge in [0, 0.05) is 6.92 Å². The van der Waals surface area contributed by atoms with Crippen LogP contribution in [0, 0.1) is 0 Å². The second kappa shape index (κ2) is 4.27. The summed E-state index contributed by atoms with van der Waals surface area (Å²) in [6.07, 6.45) is 0. The molecule has 5 heteroatoms. The second-order valence-electron chi connectivity index (χ2n) is 2.58. The molecular formula is C9H10N2O3. The average molecular weight is 194 g/mol. The molecule has 0 unspecified atom stereocenters. The van der Waals surface area contributed by atoms with Crippen LogP contribution in [-0.2, 0) is 4.79 Å². The lowest BCUT2D eigenvalue weighted by atomic mass is 10.3. The Morgan fingerprint density at radius 3 is 2.57 bits per heavy atom. The number of hydrogen-bond donors (Lipinski definition) is 2. The molecule has 2 amide bonds. The first-order valence-corrected chi connectivity index (χ1v) is 3.93. The van der Waals surface area contributed by atoms with E-state index >= 15 is 0 Å². The minimum Gasteiger partial charge on any atom is -0.424 e. The fourth-order valence-corrected chi connectivity index (χ4v) is 0.946. The molecule has 0 aliphatic carbocycles. The highest BCUT2D eigenvalue weighted by Gasteiger charge is 2.05. The number of amides is 2. The van der Waals surface area contributed by atoms with E-state index in [1.165, 1.54) is 6.92 Å². The summed E-state index contributed by atoms with van der Waals surface area (Å²) in [5.41, 5.74) is 5.30. The Morgan fingerprint density at radius 2 is 2.00 bits per heavy atom. The van der Waals surface area contributed by atoms with Crippen molar-refractivity contribution in [3.63, 3.8) is 0 Å². The number of carbonyl (C=O) groups excluding carboxylic acids is 2. The lowest BCUT2D eigenvalue weighted by molar-refractivity contribution is -0.131. The number of urea groups is 1. The molecule has 0 saturated carbocycles. The van der Waals surface area contributed by atoms with Crippen molar-refractivity contribution >= 4 is 17.7 Å². The topological polar surface area (TPSA) is 81.4 Å². The molecular weight excluding hydrogens is 184 g/mol. The third kappa shape index (κ3) is 2.78. The maximum Gasteiger partial charge on any atom is 0.316 e. The van der Waals surface area contributed by atoms with Gasteiger partial charge in [0.25, 0.3) is 0 Å². The Bertz CT molecular complexity index is 328. The molecule has 0 saturated heterocycles. The lowest BCUT2D eigenvalue weighted by Crippen LogP contribution is -2.20. The highest BCUT2D eigenvalue weighted by molar-refractivity contribution is 5.90. The summed E-state index contributed by atoms with van der Waals surface area (Å²) in [6, 6.07) is 5.82.